The minimum Gasteiger partial charge on any atom is -0.480 e. The molecule has 0 unspecified atom stereocenters. The smallest absolute Gasteiger partial charge is 0.264 e. The lowest BCUT2D eigenvalue weighted by Gasteiger charge is -2.13. The maximum atomic E-state index is 14.0. The van der Waals surface area contributed by atoms with Gasteiger partial charge in [0, 0.05) is 24.0 Å². The predicted molar refractivity (Wildman–Crippen MR) is 104 cm³/mol. The van der Waals surface area contributed by atoms with Crippen LogP contribution in [0.15, 0.2) is 53.8 Å². The van der Waals surface area contributed by atoms with E-state index in [1.807, 2.05) is 0 Å². The largest absolute Gasteiger partial charge is 0.480 e. The highest BCUT2D eigenvalue weighted by Crippen LogP contribution is 2.30. The Bertz CT molecular complexity index is 1370. The van der Waals surface area contributed by atoms with Gasteiger partial charge in [0.1, 0.15) is 22.2 Å². The number of fused-ring (bicyclic) bond motifs is 1. The van der Waals surface area contributed by atoms with E-state index >= 15 is 0 Å². The molecule has 3 heterocycles. The van der Waals surface area contributed by atoms with E-state index in [1.54, 1.807) is 12.3 Å². The molecule has 154 valence electrons. The van der Waals surface area contributed by atoms with Crippen molar-refractivity contribution in [3.05, 3.63) is 60.6 Å². The topological polar surface area (TPSA) is 124 Å². The first-order valence-corrected chi connectivity index (χ1v) is 9.89. The fourth-order valence-corrected chi connectivity index (χ4v) is 3.88. The molecule has 0 saturated heterocycles. The second-order valence-electron chi connectivity index (χ2n) is 6.14. The first-order valence-electron chi connectivity index (χ1n) is 8.40. The molecule has 9 nitrogen and oxygen atoms in total. The van der Waals surface area contributed by atoms with E-state index in [9.17, 15) is 17.2 Å². The Kier molecular flexibility index (Phi) is 4.70. The average Bonchev–Trinajstić information content (AvgIpc) is 3.07. The van der Waals surface area contributed by atoms with Crippen LogP contribution in [0.4, 0.5) is 20.2 Å². The van der Waals surface area contributed by atoms with E-state index in [4.69, 9.17) is 10.5 Å². The van der Waals surface area contributed by atoms with Crippen LogP contribution in [-0.4, -0.2) is 35.1 Å². The first kappa shape index (κ1) is 19.5. The van der Waals surface area contributed by atoms with E-state index in [0.717, 1.165) is 12.1 Å². The van der Waals surface area contributed by atoms with Gasteiger partial charge in [-0.25, -0.2) is 31.7 Å². The number of ether oxygens (including phenoxy) is 1. The van der Waals surface area contributed by atoms with Crippen LogP contribution in [0.2, 0.25) is 0 Å². The van der Waals surface area contributed by atoms with Crippen LogP contribution in [0.25, 0.3) is 16.9 Å². The van der Waals surface area contributed by atoms with Crippen molar-refractivity contribution in [2.75, 3.05) is 17.6 Å². The summed E-state index contributed by atoms with van der Waals surface area (Å²) < 4.78 is 61.2. The van der Waals surface area contributed by atoms with E-state index in [0.29, 0.717) is 28.7 Å². The lowest BCUT2D eigenvalue weighted by Crippen LogP contribution is -2.16. The third kappa shape index (κ3) is 3.48. The molecule has 0 amide bonds. The molecule has 0 aliphatic carbocycles. The van der Waals surface area contributed by atoms with Crippen molar-refractivity contribution in [2.24, 2.45) is 0 Å². The van der Waals surface area contributed by atoms with Crippen LogP contribution in [-0.2, 0) is 10.0 Å². The summed E-state index contributed by atoms with van der Waals surface area (Å²) in [7, 11) is -3.09. The SMILES string of the molecule is COc1ncc(-c2ccn3ncc(N)c3n2)cc1NS(=O)(=O)c1ccc(F)cc1F. The molecule has 30 heavy (non-hydrogen) atoms. The Hall–Kier alpha value is -3.80. The zero-order valence-electron chi connectivity index (χ0n) is 15.4. The molecular weight excluding hydrogens is 418 g/mol. The van der Waals surface area contributed by atoms with Gasteiger partial charge < -0.3 is 10.5 Å². The van der Waals surface area contributed by atoms with Crippen molar-refractivity contribution in [3.8, 4) is 17.1 Å². The number of aromatic nitrogens is 4. The number of nitrogens with zero attached hydrogens (tertiary/aromatic N) is 4. The number of pyridine rings is 1. The van der Waals surface area contributed by atoms with Crippen molar-refractivity contribution >= 4 is 27.0 Å². The minimum atomic E-state index is -4.39. The Morgan fingerprint density at radius 1 is 1.17 bits per heavy atom. The maximum absolute atomic E-state index is 14.0. The van der Waals surface area contributed by atoms with Gasteiger partial charge in [0.2, 0.25) is 5.88 Å². The first-order chi connectivity index (χ1) is 14.3. The predicted octanol–water partition coefficient (Wildman–Crippen LogP) is 2.46. The van der Waals surface area contributed by atoms with Crippen LogP contribution in [0, 0.1) is 11.6 Å². The van der Waals surface area contributed by atoms with Crippen molar-refractivity contribution in [3.63, 3.8) is 0 Å². The molecule has 3 aromatic heterocycles. The summed E-state index contributed by atoms with van der Waals surface area (Å²) in [6.45, 7) is 0. The Morgan fingerprint density at radius 2 is 1.97 bits per heavy atom. The molecule has 3 N–H and O–H groups in total. The standard InChI is InChI=1S/C18H14F2N6O3S/c1-29-18-15(25-30(27,28)16-3-2-11(19)7-12(16)20)6-10(8-22-18)14-4-5-26-17(24-14)13(21)9-23-26/h2-9,25H,21H2,1H3. The molecule has 0 fully saturated rings. The highest BCUT2D eigenvalue weighted by Gasteiger charge is 2.22. The zero-order valence-corrected chi connectivity index (χ0v) is 16.2. The zero-order chi connectivity index (χ0) is 21.5. The summed E-state index contributed by atoms with van der Waals surface area (Å²) in [4.78, 5) is 7.76. The molecule has 0 saturated carbocycles. The molecular formula is C18H14F2N6O3S. The number of halogens is 2. The molecule has 0 bridgehead atoms. The molecule has 4 rings (SSSR count). The molecule has 0 atom stereocenters. The number of hydrogen-bond acceptors (Lipinski definition) is 7. The number of rotatable bonds is 5. The van der Waals surface area contributed by atoms with Crippen LogP contribution in [0.5, 0.6) is 5.88 Å². The van der Waals surface area contributed by atoms with Gasteiger partial charge in [-0.1, -0.05) is 0 Å². The van der Waals surface area contributed by atoms with E-state index in [2.05, 4.69) is 19.8 Å². The summed E-state index contributed by atoms with van der Waals surface area (Å²) in [5, 5.41) is 4.03. The lowest BCUT2D eigenvalue weighted by molar-refractivity contribution is 0.400. The highest BCUT2D eigenvalue weighted by atomic mass is 32.2. The molecule has 12 heteroatoms. The molecule has 0 radical (unpaired) electrons. The van der Waals surface area contributed by atoms with Crippen LogP contribution < -0.4 is 15.2 Å². The van der Waals surface area contributed by atoms with E-state index in [1.165, 1.54) is 30.1 Å². The van der Waals surface area contributed by atoms with Gasteiger partial charge in [-0.3, -0.25) is 4.72 Å². The third-order valence-corrected chi connectivity index (χ3v) is 5.56. The van der Waals surface area contributed by atoms with Crippen LogP contribution in [0.3, 0.4) is 0 Å². The van der Waals surface area contributed by atoms with Gasteiger partial charge in [-0.2, -0.15) is 5.10 Å². The number of nitrogens with two attached hydrogens (primary N) is 1. The summed E-state index contributed by atoms with van der Waals surface area (Å²) in [6.07, 6.45) is 4.52. The van der Waals surface area contributed by atoms with Crippen molar-refractivity contribution < 1.29 is 21.9 Å². The highest BCUT2D eigenvalue weighted by molar-refractivity contribution is 7.92. The van der Waals surface area contributed by atoms with Gasteiger partial charge in [-0.15, -0.1) is 0 Å². The molecule has 1 aromatic carbocycles. The van der Waals surface area contributed by atoms with E-state index in [-0.39, 0.29) is 11.6 Å². The fourth-order valence-electron chi connectivity index (χ4n) is 2.77. The normalized spacial score (nSPS) is 11.6. The number of sulfonamides is 1. The monoisotopic (exact) mass is 432 g/mol. The summed E-state index contributed by atoms with van der Waals surface area (Å²) in [6, 6.07) is 5.22. The quantitative estimate of drug-likeness (QED) is 0.496. The third-order valence-electron chi connectivity index (χ3n) is 4.16. The van der Waals surface area contributed by atoms with E-state index < -0.39 is 26.6 Å². The second kappa shape index (κ2) is 7.22. The van der Waals surface area contributed by atoms with Crippen molar-refractivity contribution in [1.82, 2.24) is 19.6 Å². The number of hydrogen-bond donors (Lipinski definition) is 2. The molecule has 0 spiro atoms. The Labute approximate surface area is 169 Å². The number of anilines is 2. The van der Waals surface area contributed by atoms with Crippen LogP contribution in [0.1, 0.15) is 0 Å². The Morgan fingerprint density at radius 3 is 2.70 bits per heavy atom. The van der Waals surface area contributed by atoms with Gasteiger partial charge in [0.15, 0.2) is 5.65 Å². The number of methoxy groups -OCH3 is 1. The Balaban J connectivity index is 1.76. The van der Waals surface area contributed by atoms with Crippen molar-refractivity contribution in [2.45, 2.75) is 4.90 Å². The number of nitrogen functional groups attached to an aromatic ring is 1. The summed E-state index contributed by atoms with van der Waals surface area (Å²) in [5.41, 5.74) is 7.45. The van der Waals surface area contributed by atoms with Crippen LogP contribution >= 0.6 is 0 Å². The van der Waals surface area contributed by atoms with Crippen molar-refractivity contribution in [1.29, 1.82) is 0 Å². The minimum absolute atomic E-state index is 0.0465. The van der Waals surface area contributed by atoms with Gasteiger partial charge in [-0.05, 0) is 24.3 Å². The van der Waals surface area contributed by atoms with Gasteiger partial charge in [0.05, 0.1) is 24.7 Å². The number of nitrogens with one attached hydrogen (secondary N) is 1. The van der Waals surface area contributed by atoms with Gasteiger partial charge in [0.25, 0.3) is 10.0 Å². The lowest BCUT2D eigenvalue weighted by atomic mass is 10.2. The fraction of sp³-hybridized carbons (Fsp3) is 0.0556. The number of benzene rings is 1. The molecule has 0 aliphatic heterocycles. The maximum Gasteiger partial charge on any atom is 0.264 e. The molecule has 4 aromatic rings. The average molecular weight is 432 g/mol. The summed E-state index contributed by atoms with van der Waals surface area (Å²) in [5.74, 6) is -2.17. The summed E-state index contributed by atoms with van der Waals surface area (Å²) >= 11 is 0. The molecule has 0 aliphatic rings. The van der Waals surface area contributed by atoms with Gasteiger partial charge >= 0.3 is 0 Å². The second-order valence-corrected chi connectivity index (χ2v) is 7.79.